The standard InChI is InChI=1S/C24H25N5O/c1-15-9-10-16(2)21(12-15)29-17(3)13-20(19(29)5)14-25-27-24(30)23-18(4)26-22-8-6-7-11-28(22)23/h6-14H,1-5H3,(H,27,30). The molecule has 0 aliphatic carbocycles. The summed E-state index contributed by atoms with van der Waals surface area (Å²) in [5.41, 5.74) is 11.3. The Kier molecular flexibility index (Phi) is 4.99. The van der Waals surface area contributed by atoms with Crippen molar-refractivity contribution in [3.05, 3.63) is 88.1 Å². The molecule has 0 aliphatic rings. The Hall–Kier alpha value is -3.67. The lowest BCUT2D eigenvalue weighted by Gasteiger charge is -2.13. The van der Waals surface area contributed by atoms with Crippen molar-refractivity contribution < 1.29 is 4.79 Å². The highest BCUT2D eigenvalue weighted by Gasteiger charge is 2.16. The molecule has 1 aromatic carbocycles. The minimum Gasteiger partial charge on any atom is -0.318 e. The summed E-state index contributed by atoms with van der Waals surface area (Å²) in [6.07, 6.45) is 3.52. The van der Waals surface area contributed by atoms with Crippen LogP contribution in [-0.4, -0.2) is 26.1 Å². The van der Waals surface area contributed by atoms with Crippen LogP contribution in [0.4, 0.5) is 0 Å². The second kappa shape index (κ2) is 7.63. The second-order valence-corrected chi connectivity index (χ2v) is 7.63. The van der Waals surface area contributed by atoms with Gasteiger partial charge in [-0.05, 0) is 70.0 Å². The number of nitrogens with one attached hydrogen (secondary N) is 1. The van der Waals surface area contributed by atoms with Gasteiger partial charge in [0.15, 0.2) is 0 Å². The van der Waals surface area contributed by atoms with Crippen molar-refractivity contribution in [1.82, 2.24) is 19.4 Å². The van der Waals surface area contributed by atoms with Crippen LogP contribution >= 0.6 is 0 Å². The van der Waals surface area contributed by atoms with E-state index in [2.05, 4.69) is 72.0 Å². The summed E-state index contributed by atoms with van der Waals surface area (Å²) in [5.74, 6) is -0.286. The van der Waals surface area contributed by atoms with Crippen LogP contribution in [0.3, 0.4) is 0 Å². The Morgan fingerprint density at radius 3 is 2.67 bits per heavy atom. The first-order valence-electron chi connectivity index (χ1n) is 9.90. The SMILES string of the molecule is Cc1ccc(C)c(-n2c(C)cc(C=NNC(=O)c3c(C)nc4ccccn34)c2C)c1. The summed E-state index contributed by atoms with van der Waals surface area (Å²) in [5, 5.41) is 4.22. The van der Waals surface area contributed by atoms with Crippen molar-refractivity contribution in [1.29, 1.82) is 0 Å². The fourth-order valence-electron chi connectivity index (χ4n) is 3.85. The van der Waals surface area contributed by atoms with E-state index in [1.165, 1.54) is 11.1 Å². The van der Waals surface area contributed by atoms with Crippen molar-refractivity contribution in [2.45, 2.75) is 34.6 Å². The fraction of sp³-hybridized carbons (Fsp3) is 0.208. The topological polar surface area (TPSA) is 63.7 Å². The van der Waals surface area contributed by atoms with Crippen LogP contribution in [0, 0.1) is 34.6 Å². The Morgan fingerprint density at radius 1 is 1.07 bits per heavy atom. The Bertz CT molecular complexity index is 1290. The van der Waals surface area contributed by atoms with E-state index < -0.39 is 0 Å². The molecule has 3 aromatic heterocycles. The first kappa shape index (κ1) is 19.6. The van der Waals surface area contributed by atoms with E-state index in [-0.39, 0.29) is 5.91 Å². The fourth-order valence-corrected chi connectivity index (χ4v) is 3.85. The number of carbonyl (C=O) groups excluding carboxylic acids is 1. The van der Waals surface area contributed by atoms with Crippen LogP contribution in [0.25, 0.3) is 11.3 Å². The van der Waals surface area contributed by atoms with E-state index >= 15 is 0 Å². The minimum atomic E-state index is -0.286. The van der Waals surface area contributed by atoms with E-state index in [1.54, 1.807) is 10.6 Å². The Labute approximate surface area is 175 Å². The number of amides is 1. The average molecular weight is 399 g/mol. The number of carbonyl (C=O) groups is 1. The lowest BCUT2D eigenvalue weighted by molar-refractivity contribution is 0.0948. The number of nitrogens with zero attached hydrogens (tertiary/aromatic N) is 4. The normalized spacial score (nSPS) is 11.5. The third-order valence-corrected chi connectivity index (χ3v) is 5.36. The van der Waals surface area contributed by atoms with Crippen molar-refractivity contribution in [3.63, 3.8) is 0 Å². The van der Waals surface area contributed by atoms with Gasteiger partial charge in [-0.15, -0.1) is 0 Å². The molecule has 0 aliphatic heterocycles. The van der Waals surface area contributed by atoms with Gasteiger partial charge in [0.1, 0.15) is 11.3 Å². The maximum Gasteiger partial charge on any atom is 0.290 e. The first-order chi connectivity index (χ1) is 14.4. The van der Waals surface area contributed by atoms with Crippen molar-refractivity contribution in [2.75, 3.05) is 0 Å². The predicted molar refractivity (Wildman–Crippen MR) is 120 cm³/mol. The minimum absolute atomic E-state index is 0.286. The van der Waals surface area contributed by atoms with Gasteiger partial charge >= 0.3 is 0 Å². The molecule has 1 amide bonds. The van der Waals surface area contributed by atoms with E-state index in [4.69, 9.17) is 0 Å². The van der Waals surface area contributed by atoms with Gasteiger partial charge < -0.3 is 4.57 Å². The molecule has 30 heavy (non-hydrogen) atoms. The molecule has 4 aromatic rings. The summed E-state index contributed by atoms with van der Waals surface area (Å²) < 4.78 is 3.99. The van der Waals surface area contributed by atoms with Crippen LogP contribution in [0.2, 0.25) is 0 Å². The maximum absolute atomic E-state index is 12.7. The van der Waals surface area contributed by atoms with Crippen LogP contribution < -0.4 is 5.43 Å². The molecule has 0 spiro atoms. The molecule has 4 rings (SSSR count). The van der Waals surface area contributed by atoms with Gasteiger partial charge in [-0.2, -0.15) is 5.10 Å². The number of fused-ring (bicyclic) bond motifs is 1. The Balaban J connectivity index is 1.60. The highest BCUT2D eigenvalue weighted by atomic mass is 16.2. The largest absolute Gasteiger partial charge is 0.318 e. The number of imidazole rings is 1. The molecule has 0 saturated heterocycles. The average Bonchev–Trinajstić information content (AvgIpc) is 3.19. The van der Waals surface area contributed by atoms with Gasteiger partial charge in [-0.1, -0.05) is 18.2 Å². The van der Waals surface area contributed by atoms with Crippen LogP contribution in [0.15, 0.2) is 53.8 Å². The van der Waals surface area contributed by atoms with Gasteiger partial charge in [-0.25, -0.2) is 10.4 Å². The van der Waals surface area contributed by atoms with E-state index in [1.807, 2.05) is 31.3 Å². The van der Waals surface area contributed by atoms with Gasteiger partial charge in [0.25, 0.3) is 5.91 Å². The lowest BCUT2D eigenvalue weighted by Crippen LogP contribution is -2.20. The van der Waals surface area contributed by atoms with Crippen molar-refractivity contribution in [3.8, 4) is 5.69 Å². The van der Waals surface area contributed by atoms with Gasteiger partial charge in [0.2, 0.25) is 0 Å². The highest BCUT2D eigenvalue weighted by molar-refractivity contribution is 5.95. The van der Waals surface area contributed by atoms with Gasteiger partial charge in [0, 0.05) is 28.8 Å². The monoisotopic (exact) mass is 399 g/mol. The molecule has 152 valence electrons. The molecule has 0 atom stereocenters. The molecule has 0 unspecified atom stereocenters. The highest BCUT2D eigenvalue weighted by Crippen LogP contribution is 2.23. The van der Waals surface area contributed by atoms with Crippen molar-refractivity contribution in [2.24, 2.45) is 5.10 Å². The molecular weight excluding hydrogens is 374 g/mol. The number of rotatable bonds is 4. The zero-order valence-electron chi connectivity index (χ0n) is 17.9. The van der Waals surface area contributed by atoms with Crippen LogP contribution in [0.5, 0.6) is 0 Å². The van der Waals surface area contributed by atoms with Crippen LogP contribution in [0.1, 0.15) is 44.3 Å². The molecule has 0 radical (unpaired) electrons. The summed E-state index contributed by atoms with van der Waals surface area (Å²) in [6, 6.07) is 14.2. The molecule has 6 heteroatoms. The number of aromatic nitrogens is 3. The van der Waals surface area contributed by atoms with Crippen LogP contribution in [-0.2, 0) is 0 Å². The third kappa shape index (κ3) is 3.41. The smallest absolute Gasteiger partial charge is 0.290 e. The number of hydrogen-bond donors (Lipinski definition) is 1. The molecule has 1 N–H and O–H groups in total. The molecule has 3 heterocycles. The molecule has 0 bridgehead atoms. The first-order valence-corrected chi connectivity index (χ1v) is 9.90. The summed E-state index contributed by atoms with van der Waals surface area (Å²) in [6.45, 7) is 10.2. The van der Waals surface area contributed by atoms with E-state index in [0.717, 1.165) is 28.3 Å². The zero-order chi connectivity index (χ0) is 21.4. The molecule has 0 fully saturated rings. The number of benzene rings is 1. The molecule has 0 saturated carbocycles. The molecule has 6 nitrogen and oxygen atoms in total. The number of pyridine rings is 1. The number of hydrazone groups is 1. The Morgan fingerprint density at radius 2 is 1.87 bits per heavy atom. The second-order valence-electron chi connectivity index (χ2n) is 7.63. The zero-order valence-corrected chi connectivity index (χ0v) is 17.9. The lowest BCUT2D eigenvalue weighted by atomic mass is 10.1. The quantitative estimate of drug-likeness (QED) is 0.408. The van der Waals surface area contributed by atoms with E-state index in [9.17, 15) is 4.79 Å². The third-order valence-electron chi connectivity index (χ3n) is 5.36. The van der Waals surface area contributed by atoms with Crippen molar-refractivity contribution >= 4 is 17.8 Å². The summed E-state index contributed by atoms with van der Waals surface area (Å²) >= 11 is 0. The summed E-state index contributed by atoms with van der Waals surface area (Å²) in [7, 11) is 0. The number of hydrogen-bond acceptors (Lipinski definition) is 3. The van der Waals surface area contributed by atoms with Gasteiger partial charge in [-0.3, -0.25) is 9.20 Å². The molecular formula is C24H25N5O. The van der Waals surface area contributed by atoms with Gasteiger partial charge in [0.05, 0.1) is 11.9 Å². The predicted octanol–water partition coefficient (Wildman–Crippen LogP) is 4.43. The summed E-state index contributed by atoms with van der Waals surface area (Å²) in [4.78, 5) is 17.1. The van der Waals surface area contributed by atoms with E-state index in [0.29, 0.717) is 11.4 Å². The maximum atomic E-state index is 12.7. The number of aryl methyl sites for hydroxylation is 4.